The Kier molecular flexibility index (Phi) is 4.44. The molecule has 0 aliphatic rings. The van der Waals surface area contributed by atoms with Gasteiger partial charge < -0.3 is 10.2 Å². The van der Waals surface area contributed by atoms with Gasteiger partial charge in [0, 0.05) is 22.3 Å². The van der Waals surface area contributed by atoms with E-state index in [9.17, 15) is 10.2 Å². The molecule has 0 aliphatic heterocycles. The zero-order valence-corrected chi connectivity index (χ0v) is 15.8. The van der Waals surface area contributed by atoms with Crippen molar-refractivity contribution in [3.05, 3.63) is 70.7 Å². The number of thiazole rings is 1. The van der Waals surface area contributed by atoms with Gasteiger partial charge in [0.1, 0.15) is 16.5 Å². The Labute approximate surface area is 162 Å². The standard InChI is InChI=1S/C20H13BrN2O2S/c21-13-5-8-17(24)12(9-13)11-22-14-6-7-15(18(25)10-14)20-23-16-3-1-2-4-19(16)26-20/h1-11,24-25H. The third-order valence-corrected chi connectivity index (χ3v) is 5.41. The van der Waals surface area contributed by atoms with E-state index in [0.29, 0.717) is 16.8 Å². The number of aliphatic imine (C=N–C) groups is 1. The summed E-state index contributed by atoms with van der Waals surface area (Å²) in [5.74, 6) is 0.268. The van der Waals surface area contributed by atoms with Crippen molar-refractivity contribution in [2.24, 2.45) is 4.99 Å². The van der Waals surface area contributed by atoms with E-state index in [2.05, 4.69) is 25.9 Å². The number of halogens is 1. The van der Waals surface area contributed by atoms with Crippen molar-refractivity contribution >= 4 is 49.4 Å². The third kappa shape index (κ3) is 3.34. The number of hydrogen-bond donors (Lipinski definition) is 2. The van der Waals surface area contributed by atoms with Gasteiger partial charge in [-0.15, -0.1) is 11.3 Å². The Morgan fingerprint density at radius 3 is 2.62 bits per heavy atom. The highest BCUT2D eigenvalue weighted by Crippen LogP contribution is 2.37. The lowest BCUT2D eigenvalue weighted by Gasteiger charge is -2.03. The maximum absolute atomic E-state index is 10.4. The van der Waals surface area contributed by atoms with Crippen molar-refractivity contribution in [2.45, 2.75) is 0 Å². The molecule has 3 aromatic carbocycles. The summed E-state index contributed by atoms with van der Waals surface area (Å²) in [7, 11) is 0. The molecule has 0 unspecified atom stereocenters. The SMILES string of the molecule is Oc1ccc(Br)cc1C=Nc1ccc(-c2nc3ccccc3s2)c(O)c1. The molecule has 0 fully saturated rings. The molecule has 1 aromatic heterocycles. The molecule has 0 spiro atoms. The van der Waals surface area contributed by atoms with Crippen LogP contribution in [0.5, 0.6) is 11.5 Å². The average Bonchev–Trinajstić information content (AvgIpc) is 3.06. The number of phenols is 2. The number of para-hydroxylation sites is 1. The molecule has 128 valence electrons. The van der Waals surface area contributed by atoms with E-state index < -0.39 is 0 Å². The minimum Gasteiger partial charge on any atom is -0.507 e. The number of benzene rings is 3. The Hall–Kier alpha value is -2.70. The van der Waals surface area contributed by atoms with Crippen LogP contribution in [0.1, 0.15) is 5.56 Å². The Balaban J connectivity index is 1.65. The van der Waals surface area contributed by atoms with E-state index in [1.807, 2.05) is 30.3 Å². The largest absolute Gasteiger partial charge is 0.507 e. The van der Waals surface area contributed by atoms with Gasteiger partial charge in [-0.05, 0) is 42.5 Å². The summed E-state index contributed by atoms with van der Waals surface area (Å²) >= 11 is 4.90. The molecule has 4 aromatic rings. The van der Waals surface area contributed by atoms with Crippen LogP contribution < -0.4 is 0 Å². The maximum Gasteiger partial charge on any atom is 0.128 e. The van der Waals surface area contributed by atoms with Gasteiger partial charge in [-0.1, -0.05) is 28.1 Å². The van der Waals surface area contributed by atoms with Crippen LogP contribution in [0.2, 0.25) is 0 Å². The maximum atomic E-state index is 10.4. The molecule has 0 radical (unpaired) electrons. The van der Waals surface area contributed by atoms with Crippen molar-refractivity contribution in [3.63, 3.8) is 0 Å². The molecule has 0 saturated carbocycles. The lowest BCUT2D eigenvalue weighted by molar-refractivity contribution is 0.474. The molecule has 0 atom stereocenters. The molecule has 6 heteroatoms. The van der Waals surface area contributed by atoms with Crippen LogP contribution in [0.25, 0.3) is 20.8 Å². The summed E-state index contributed by atoms with van der Waals surface area (Å²) in [5.41, 5.74) is 2.77. The zero-order valence-electron chi connectivity index (χ0n) is 13.4. The average molecular weight is 425 g/mol. The van der Waals surface area contributed by atoms with Crippen molar-refractivity contribution in [3.8, 4) is 22.1 Å². The van der Waals surface area contributed by atoms with Crippen LogP contribution in [0, 0.1) is 0 Å². The minimum absolute atomic E-state index is 0.122. The summed E-state index contributed by atoms with van der Waals surface area (Å²) in [6.07, 6.45) is 1.56. The molecule has 4 nitrogen and oxygen atoms in total. The molecule has 4 rings (SSSR count). The van der Waals surface area contributed by atoms with Crippen molar-refractivity contribution in [2.75, 3.05) is 0 Å². The topological polar surface area (TPSA) is 65.7 Å². The molecule has 0 saturated heterocycles. The second-order valence-corrected chi connectivity index (χ2v) is 7.60. The Morgan fingerprint density at radius 1 is 0.962 bits per heavy atom. The van der Waals surface area contributed by atoms with Gasteiger partial charge in [0.2, 0.25) is 0 Å². The van der Waals surface area contributed by atoms with E-state index >= 15 is 0 Å². The highest BCUT2D eigenvalue weighted by Gasteiger charge is 2.10. The monoisotopic (exact) mass is 424 g/mol. The van der Waals surface area contributed by atoms with Crippen molar-refractivity contribution < 1.29 is 10.2 Å². The first-order valence-corrected chi connectivity index (χ1v) is 9.43. The van der Waals surface area contributed by atoms with E-state index in [-0.39, 0.29) is 11.5 Å². The number of aromatic nitrogens is 1. The Bertz CT molecular complexity index is 1100. The molecule has 26 heavy (non-hydrogen) atoms. The lowest BCUT2D eigenvalue weighted by atomic mass is 10.2. The van der Waals surface area contributed by atoms with Gasteiger partial charge in [-0.3, -0.25) is 4.99 Å². The number of rotatable bonds is 3. The second-order valence-electron chi connectivity index (χ2n) is 5.65. The lowest BCUT2D eigenvalue weighted by Crippen LogP contribution is -1.83. The van der Waals surface area contributed by atoms with E-state index in [4.69, 9.17) is 0 Å². The van der Waals surface area contributed by atoms with Crippen LogP contribution in [0.15, 0.2) is 70.1 Å². The number of nitrogens with zero attached hydrogens (tertiary/aromatic N) is 2. The third-order valence-electron chi connectivity index (χ3n) is 3.85. The number of fused-ring (bicyclic) bond motifs is 1. The normalized spacial score (nSPS) is 11.4. The summed E-state index contributed by atoms with van der Waals surface area (Å²) in [6.45, 7) is 0. The number of hydrogen-bond acceptors (Lipinski definition) is 5. The first-order valence-electron chi connectivity index (χ1n) is 7.82. The van der Waals surface area contributed by atoms with Crippen molar-refractivity contribution in [1.82, 2.24) is 4.98 Å². The van der Waals surface area contributed by atoms with E-state index in [1.165, 1.54) is 11.3 Å². The minimum atomic E-state index is 0.122. The smallest absolute Gasteiger partial charge is 0.128 e. The van der Waals surface area contributed by atoms with Gasteiger partial charge in [0.05, 0.1) is 21.5 Å². The molecule has 1 heterocycles. The van der Waals surface area contributed by atoms with E-state index in [1.54, 1.807) is 36.5 Å². The molecule has 0 aliphatic carbocycles. The first kappa shape index (κ1) is 16.8. The summed E-state index contributed by atoms with van der Waals surface area (Å²) in [4.78, 5) is 8.90. The van der Waals surface area contributed by atoms with Crippen LogP contribution in [0.3, 0.4) is 0 Å². The Morgan fingerprint density at radius 2 is 1.81 bits per heavy atom. The van der Waals surface area contributed by atoms with Crippen LogP contribution in [-0.4, -0.2) is 21.4 Å². The van der Waals surface area contributed by atoms with Gasteiger partial charge in [0.25, 0.3) is 0 Å². The quantitative estimate of drug-likeness (QED) is 0.403. The summed E-state index contributed by atoms with van der Waals surface area (Å²) in [6, 6.07) is 18.2. The van der Waals surface area contributed by atoms with Crippen LogP contribution >= 0.6 is 27.3 Å². The molecule has 0 amide bonds. The van der Waals surface area contributed by atoms with Crippen LogP contribution in [0.4, 0.5) is 5.69 Å². The fraction of sp³-hybridized carbons (Fsp3) is 0. The van der Waals surface area contributed by atoms with E-state index in [0.717, 1.165) is 19.7 Å². The second kappa shape index (κ2) is 6.90. The molecule has 0 bridgehead atoms. The fourth-order valence-electron chi connectivity index (χ4n) is 2.54. The van der Waals surface area contributed by atoms with Gasteiger partial charge >= 0.3 is 0 Å². The highest BCUT2D eigenvalue weighted by atomic mass is 79.9. The molecular formula is C20H13BrN2O2S. The highest BCUT2D eigenvalue weighted by molar-refractivity contribution is 9.10. The number of phenolic OH excluding ortho intramolecular Hbond substituents is 2. The van der Waals surface area contributed by atoms with Crippen LogP contribution in [-0.2, 0) is 0 Å². The first-order chi connectivity index (χ1) is 12.6. The number of aromatic hydroxyl groups is 2. The summed E-state index contributed by atoms with van der Waals surface area (Å²) < 4.78 is 1.93. The van der Waals surface area contributed by atoms with Gasteiger partial charge in [-0.25, -0.2) is 4.98 Å². The van der Waals surface area contributed by atoms with Gasteiger partial charge in [0.15, 0.2) is 0 Å². The van der Waals surface area contributed by atoms with Gasteiger partial charge in [-0.2, -0.15) is 0 Å². The fourth-order valence-corrected chi connectivity index (χ4v) is 3.92. The molecular weight excluding hydrogens is 412 g/mol. The predicted octanol–water partition coefficient (Wildman–Crippen LogP) is 5.89. The summed E-state index contributed by atoms with van der Waals surface area (Å²) in [5, 5.41) is 21.0. The molecule has 2 N–H and O–H groups in total. The van der Waals surface area contributed by atoms with Crippen molar-refractivity contribution in [1.29, 1.82) is 0 Å². The predicted molar refractivity (Wildman–Crippen MR) is 110 cm³/mol. The zero-order chi connectivity index (χ0) is 18.1.